The van der Waals surface area contributed by atoms with E-state index in [1.54, 1.807) is 0 Å². The minimum atomic E-state index is -0.721. The van der Waals surface area contributed by atoms with Crippen LogP contribution >= 0.6 is 12.2 Å². The number of esters is 1. The van der Waals surface area contributed by atoms with Gasteiger partial charge < -0.3 is 20.5 Å². The molecule has 0 aliphatic carbocycles. The normalized spacial score (nSPS) is 9.59. The molecule has 0 aromatic heterocycles. The molecule has 0 fully saturated rings. The third-order valence-corrected chi connectivity index (χ3v) is 2.04. The summed E-state index contributed by atoms with van der Waals surface area (Å²) in [6.45, 7) is 0. The fourth-order valence-corrected chi connectivity index (χ4v) is 1.37. The van der Waals surface area contributed by atoms with Gasteiger partial charge >= 0.3 is 5.97 Å². The Balaban J connectivity index is 3.37. The van der Waals surface area contributed by atoms with E-state index in [2.05, 4.69) is 22.3 Å². The first-order valence-corrected chi connectivity index (χ1v) is 4.92. The summed E-state index contributed by atoms with van der Waals surface area (Å²) in [6.07, 6.45) is 0. The zero-order chi connectivity index (χ0) is 13.0. The fourth-order valence-electron chi connectivity index (χ4n) is 1.27. The Labute approximate surface area is 103 Å². The molecule has 0 bridgehead atoms. The van der Waals surface area contributed by atoms with Gasteiger partial charge in [0.15, 0.2) is 5.11 Å². The van der Waals surface area contributed by atoms with E-state index in [1.807, 2.05) is 0 Å². The number of anilines is 1. The Kier molecular flexibility index (Phi) is 4.22. The molecule has 0 saturated heterocycles. The Hall–Kier alpha value is -1.89. The number of nitrogens with one attached hydrogen (secondary N) is 1. The second-order valence-electron chi connectivity index (χ2n) is 3.01. The fraction of sp³-hybridized carbons (Fsp3) is 0.200. The highest BCUT2D eigenvalue weighted by Crippen LogP contribution is 2.30. The largest absolute Gasteiger partial charge is 0.494 e. The first-order chi connectivity index (χ1) is 7.99. The van der Waals surface area contributed by atoms with Crippen molar-refractivity contribution in [1.82, 2.24) is 0 Å². The standard InChI is InChI=1S/C10H11FN2O3S/c1-15-7-4-5(11)3-6(9(14)16-2)8(7)13-10(12)17/h3-4H,1-2H3,(H3,12,13,17). The molecule has 0 spiro atoms. The summed E-state index contributed by atoms with van der Waals surface area (Å²) in [5.74, 6) is -1.24. The molecule has 17 heavy (non-hydrogen) atoms. The van der Waals surface area contributed by atoms with Gasteiger partial charge in [-0.3, -0.25) is 0 Å². The number of halogens is 1. The summed E-state index contributed by atoms with van der Waals surface area (Å²) in [6, 6.07) is 2.11. The lowest BCUT2D eigenvalue weighted by atomic mass is 10.1. The zero-order valence-electron chi connectivity index (χ0n) is 9.24. The second-order valence-corrected chi connectivity index (χ2v) is 3.45. The SMILES string of the molecule is COC(=O)c1cc(F)cc(OC)c1NC(N)=S. The molecule has 92 valence electrons. The smallest absolute Gasteiger partial charge is 0.340 e. The molecule has 1 rings (SSSR count). The van der Waals surface area contributed by atoms with Crippen molar-refractivity contribution in [1.29, 1.82) is 0 Å². The van der Waals surface area contributed by atoms with Crippen LogP contribution in [0.25, 0.3) is 0 Å². The molecule has 0 saturated carbocycles. The topological polar surface area (TPSA) is 73.6 Å². The Morgan fingerprint density at radius 2 is 2.12 bits per heavy atom. The number of hydrogen-bond acceptors (Lipinski definition) is 4. The number of hydrogen-bond donors (Lipinski definition) is 2. The molecule has 7 heteroatoms. The van der Waals surface area contributed by atoms with Gasteiger partial charge in [-0.15, -0.1) is 0 Å². The summed E-state index contributed by atoms with van der Waals surface area (Å²) in [5, 5.41) is 2.48. The summed E-state index contributed by atoms with van der Waals surface area (Å²) < 4.78 is 22.7. The number of thiocarbonyl (C=S) groups is 1. The molecule has 0 aliphatic rings. The molecular weight excluding hydrogens is 247 g/mol. The van der Waals surface area contributed by atoms with E-state index in [-0.39, 0.29) is 22.1 Å². The quantitative estimate of drug-likeness (QED) is 0.628. The highest BCUT2D eigenvalue weighted by atomic mass is 32.1. The summed E-state index contributed by atoms with van der Waals surface area (Å²) >= 11 is 4.67. The van der Waals surface area contributed by atoms with E-state index in [4.69, 9.17) is 10.5 Å². The van der Waals surface area contributed by atoms with Crippen molar-refractivity contribution in [3.8, 4) is 5.75 Å². The van der Waals surface area contributed by atoms with Crippen LogP contribution in [0, 0.1) is 5.82 Å². The Morgan fingerprint density at radius 3 is 2.59 bits per heavy atom. The van der Waals surface area contributed by atoms with Crippen LogP contribution in [0.2, 0.25) is 0 Å². The summed E-state index contributed by atoms with van der Waals surface area (Å²) in [4.78, 5) is 11.5. The third kappa shape index (κ3) is 3.04. The molecule has 0 unspecified atom stereocenters. The monoisotopic (exact) mass is 258 g/mol. The highest BCUT2D eigenvalue weighted by Gasteiger charge is 2.18. The molecule has 0 radical (unpaired) electrons. The van der Waals surface area contributed by atoms with Crippen molar-refractivity contribution in [3.63, 3.8) is 0 Å². The van der Waals surface area contributed by atoms with Crippen LogP contribution in [0.15, 0.2) is 12.1 Å². The lowest BCUT2D eigenvalue weighted by Gasteiger charge is -2.13. The van der Waals surface area contributed by atoms with Crippen molar-refractivity contribution < 1.29 is 18.7 Å². The average Bonchev–Trinajstić information content (AvgIpc) is 2.29. The first kappa shape index (κ1) is 13.2. The van der Waals surface area contributed by atoms with Crippen LogP contribution in [0.5, 0.6) is 5.75 Å². The van der Waals surface area contributed by atoms with E-state index in [1.165, 1.54) is 14.2 Å². The van der Waals surface area contributed by atoms with Gasteiger partial charge in [0.1, 0.15) is 11.6 Å². The van der Waals surface area contributed by atoms with E-state index in [0.29, 0.717) is 0 Å². The Morgan fingerprint density at radius 1 is 1.47 bits per heavy atom. The van der Waals surface area contributed by atoms with Crippen LogP contribution < -0.4 is 15.8 Å². The van der Waals surface area contributed by atoms with Crippen molar-refractivity contribution in [2.75, 3.05) is 19.5 Å². The average molecular weight is 258 g/mol. The lowest BCUT2D eigenvalue weighted by molar-refractivity contribution is 0.0601. The summed E-state index contributed by atoms with van der Waals surface area (Å²) in [7, 11) is 2.52. The minimum Gasteiger partial charge on any atom is -0.494 e. The second kappa shape index (κ2) is 5.44. The predicted octanol–water partition coefficient (Wildman–Crippen LogP) is 1.28. The molecule has 3 N–H and O–H groups in total. The van der Waals surface area contributed by atoms with Crippen LogP contribution in [-0.2, 0) is 4.74 Å². The number of nitrogens with two attached hydrogens (primary N) is 1. The maximum atomic E-state index is 13.2. The molecule has 1 aromatic carbocycles. The van der Waals surface area contributed by atoms with Gasteiger partial charge in [0.25, 0.3) is 0 Å². The lowest BCUT2D eigenvalue weighted by Crippen LogP contribution is -2.21. The van der Waals surface area contributed by atoms with E-state index < -0.39 is 11.8 Å². The van der Waals surface area contributed by atoms with Crippen LogP contribution in [0.3, 0.4) is 0 Å². The number of ether oxygens (including phenoxy) is 2. The zero-order valence-corrected chi connectivity index (χ0v) is 10.1. The van der Waals surface area contributed by atoms with Gasteiger partial charge in [0.2, 0.25) is 0 Å². The number of carbonyl (C=O) groups is 1. The molecule has 0 aliphatic heterocycles. The van der Waals surface area contributed by atoms with Crippen molar-refractivity contribution in [3.05, 3.63) is 23.5 Å². The molecular formula is C10H11FN2O3S. The van der Waals surface area contributed by atoms with Crippen molar-refractivity contribution in [2.45, 2.75) is 0 Å². The van der Waals surface area contributed by atoms with Gasteiger partial charge in [-0.1, -0.05) is 0 Å². The molecule has 1 aromatic rings. The van der Waals surface area contributed by atoms with Gasteiger partial charge in [-0.2, -0.15) is 0 Å². The number of rotatable bonds is 3. The third-order valence-electron chi connectivity index (χ3n) is 1.94. The maximum Gasteiger partial charge on any atom is 0.340 e. The summed E-state index contributed by atoms with van der Waals surface area (Å²) in [5.41, 5.74) is 5.45. The van der Waals surface area contributed by atoms with Crippen LogP contribution in [-0.4, -0.2) is 25.3 Å². The van der Waals surface area contributed by atoms with Gasteiger partial charge in [0.05, 0.1) is 25.5 Å². The van der Waals surface area contributed by atoms with Crippen molar-refractivity contribution >= 4 is 29.0 Å². The highest BCUT2D eigenvalue weighted by molar-refractivity contribution is 7.80. The van der Waals surface area contributed by atoms with Crippen LogP contribution in [0.1, 0.15) is 10.4 Å². The number of methoxy groups -OCH3 is 2. The Bertz CT molecular complexity index is 465. The van der Waals surface area contributed by atoms with E-state index in [9.17, 15) is 9.18 Å². The molecule has 0 amide bonds. The van der Waals surface area contributed by atoms with Gasteiger partial charge in [-0.25, -0.2) is 9.18 Å². The first-order valence-electron chi connectivity index (χ1n) is 4.52. The van der Waals surface area contributed by atoms with E-state index in [0.717, 1.165) is 12.1 Å². The van der Waals surface area contributed by atoms with Gasteiger partial charge in [0, 0.05) is 6.07 Å². The predicted molar refractivity (Wildman–Crippen MR) is 64.7 cm³/mol. The van der Waals surface area contributed by atoms with Crippen LogP contribution in [0.4, 0.5) is 10.1 Å². The maximum absolute atomic E-state index is 13.2. The minimum absolute atomic E-state index is 0.0443. The van der Waals surface area contributed by atoms with E-state index >= 15 is 0 Å². The molecule has 0 heterocycles. The van der Waals surface area contributed by atoms with Gasteiger partial charge in [-0.05, 0) is 18.3 Å². The molecule has 5 nitrogen and oxygen atoms in total. The molecule has 0 atom stereocenters. The van der Waals surface area contributed by atoms with Crippen molar-refractivity contribution in [2.24, 2.45) is 5.73 Å². The number of benzene rings is 1. The number of carbonyl (C=O) groups excluding carboxylic acids is 1.